The van der Waals surface area contributed by atoms with Gasteiger partial charge in [0.25, 0.3) is 0 Å². The van der Waals surface area contributed by atoms with Gasteiger partial charge in [0.1, 0.15) is 6.33 Å². The van der Waals surface area contributed by atoms with E-state index in [9.17, 15) is 0 Å². The van der Waals surface area contributed by atoms with Crippen LogP contribution in [-0.2, 0) is 4.74 Å². The van der Waals surface area contributed by atoms with E-state index in [0.29, 0.717) is 17.0 Å². The summed E-state index contributed by atoms with van der Waals surface area (Å²) in [6, 6.07) is 0. The Morgan fingerprint density at radius 3 is 3.11 bits per heavy atom. The monoisotopic (exact) mass is 250 g/mol. The van der Waals surface area contributed by atoms with Crippen molar-refractivity contribution in [2.75, 3.05) is 12.3 Å². The topological polar surface area (TPSA) is 112 Å². The van der Waals surface area contributed by atoms with Crippen molar-refractivity contribution in [2.24, 2.45) is 5.92 Å². The molecule has 3 rings (SSSR count). The minimum Gasteiger partial charge on any atom is -0.394 e. The van der Waals surface area contributed by atoms with E-state index in [2.05, 4.69) is 20.3 Å². The zero-order valence-corrected chi connectivity index (χ0v) is 9.89. The average molecular weight is 250 g/mol. The molecule has 96 valence electrons. The molecular weight excluding hydrogens is 236 g/mol. The molecule has 2 aromatic heterocycles. The molecule has 3 heterocycles. The van der Waals surface area contributed by atoms with Gasteiger partial charge in [0.05, 0.1) is 12.7 Å². The Hall–Kier alpha value is -1.80. The maximum Gasteiger partial charge on any atom is 0.186 e. The summed E-state index contributed by atoms with van der Waals surface area (Å²) in [6.07, 6.45) is 1.72. The summed E-state index contributed by atoms with van der Waals surface area (Å²) >= 11 is 0. The van der Waals surface area contributed by atoms with Gasteiger partial charge in [0.15, 0.2) is 23.2 Å². The molecule has 1 aliphatic heterocycles. The third kappa shape index (κ3) is 1.61. The van der Waals surface area contributed by atoms with Gasteiger partial charge >= 0.3 is 0 Å². The Kier molecular flexibility index (Phi) is 2.60. The Labute approximate surface area is 103 Å². The largest absolute Gasteiger partial charge is 0.394 e. The molecule has 0 amide bonds. The van der Waals surface area contributed by atoms with E-state index in [-0.39, 0.29) is 24.9 Å². The molecule has 8 nitrogen and oxygen atoms in total. The van der Waals surface area contributed by atoms with Gasteiger partial charge in [-0.15, -0.1) is 5.10 Å². The second-order valence-electron chi connectivity index (χ2n) is 4.51. The lowest BCUT2D eigenvalue weighted by atomic mass is 10.1. The number of nitrogen functional groups attached to an aromatic ring is 1. The first-order valence-electron chi connectivity index (χ1n) is 5.78. The molecule has 0 aromatic carbocycles. The van der Waals surface area contributed by atoms with E-state index in [0.717, 1.165) is 6.42 Å². The van der Waals surface area contributed by atoms with Crippen LogP contribution in [-0.4, -0.2) is 42.8 Å². The Bertz CT molecular complexity index is 570. The number of ether oxygens (including phenoxy) is 1. The first-order valence-corrected chi connectivity index (χ1v) is 5.78. The number of aromatic nitrogens is 5. The van der Waals surface area contributed by atoms with Crippen LogP contribution in [0.2, 0.25) is 0 Å². The average Bonchev–Trinajstić information content (AvgIpc) is 2.93. The Morgan fingerprint density at radius 1 is 1.56 bits per heavy atom. The Balaban J connectivity index is 2.02. The maximum atomic E-state index is 9.14. The summed E-state index contributed by atoms with van der Waals surface area (Å²) < 4.78 is 7.33. The van der Waals surface area contributed by atoms with E-state index in [4.69, 9.17) is 15.6 Å². The molecule has 0 bridgehead atoms. The molecule has 8 heteroatoms. The Morgan fingerprint density at radius 2 is 2.39 bits per heavy atom. The zero-order chi connectivity index (χ0) is 12.7. The second-order valence-corrected chi connectivity index (χ2v) is 4.51. The number of aliphatic hydroxyl groups excluding tert-OH is 1. The standard InChI is InChI=1S/C10H14N6O2/c1-5-2-6(3-17)18-10(5)16-9-7(14-15-16)8(11)12-4-13-9/h4-6,10,17H,2-3H2,1H3,(H2,11,12,13)/t5-,6-,10+/m0/s1. The maximum absolute atomic E-state index is 9.14. The third-order valence-corrected chi connectivity index (χ3v) is 3.19. The van der Waals surface area contributed by atoms with Crippen molar-refractivity contribution >= 4 is 17.0 Å². The molecule has 0 spiro atoms. The normalized spacial score (nSPS) is 28.0. The highest BCUT2D eigenvalue weighted by molar-refractivity contribution is 5.80. The first kappa shape index (κ1) is 11.3. The minimum absolute atomic E-state index is 0.00456. The molecule has 0 unspecified atom stereocenters. The summed E-state index contributed by atoms with van der Waals surface area (Å²) in [5.41, 5.74) is 6.74. The van der Waals surface area contributed by atoms with Crippen LogP contribution in [0.3, 0.4) is 0 Å². The van der Waals surface area contributed by atoms with Crippen LogP contribution >= 0.6 is 0 Å². The summed E-state index contributed by atoms with van der Waals surface area (Å²) in [5.74, 6) is 0.527. The van der Waals surface area contributed by atoms with Gasteiger partial charge in [-0.25, -0.2) is 9.97 Å². The fourth-order valence-corrected chi connectivity index (χ4v) is 2.29. The number of rotatable bonds is 2. The van der Waals surface area contributed by atoms with Crippen molar-refractivity contribution in [1.82, 2.24) is 25.0 Å². The number of hydrogen-bond acceptors (Lipinski definition) is 7. The van der Waals surface area contributed by atoms with Gasteiger partial charge < -0.3 is 15.6 Å². The molecule has 1 saturated heterocycles. The predicted octanol–water partition coefficient (Wildman–Crippen LogP) is -0.281. The van der Waals surface area contributed by atoms with Crippen LogP contribution in [0.4, 0.5) is 5.82 Å². The summed E-state index contributed by atoms with van der Waals surface area (Å²) in [4.78, 5) is 8.00. The second kappa shape index (κ2) is 4.14. The molecule has 3 atom stereocenters. The summed E-state index contributed by atoms with van der Waals surface area (Å²) in [6.45, 7) is 2.04. The van der Waals surface area contributed by atoms with E-state index < -0.39 is 0 Å². The van der Waals surface area contributed by atoms with E-state index in [1.54, 1.807) is 4.68 Å². The number of anilines is 1. The van der Waals surface area contributed by atoms with Gasteiger partial charge in [-0.3, -0.25) is 0 Å². The smallest absolute Gasteiger partial charge is 0.186 e. The quantitative estimate of drug-likeness (QED) is 0.753. The molecule has 0 aliphatic carbocycles. The highest BCUT2D eigenvalue weighted by Gasteiger charge is 2.35. The van der Waals surface area contributed by atoms with E-state index in [1.807, 2.05) is 6.92 Å². The van der Waals surface area contributed by atoms with Gasteiger partial charge in [0.2, 0.25) is 0 Å². The van der Waals surface area contributed by atoms with Gasteiger partial charge in [-0.2, -0.15) is 4.68 Å². The number of hydrogen-bond donors (Lipinski definition) is 2. The molecular formula is C10H14N6O2. The fraction of sp³-hybridized carbons (Fsp3) is 0.600. The molecule has 2 aromatic rings. The fourth-order valence-electron chi connectivity index (χ4n) is 2.29. The van der Waals surface area contributed by atoms with Crippen molar-refractivity contribution in [1.29, 1.82) is 0 Å². The van der Waals surface area contributed by atoms with E-state index >= 15 is 0 Å². The van der Waals surface area contributed by atoms with E-state index in [1.165, 1.54) is 6.33 Å². The van der Waals surface area contributed by atoms with Crippen molar-refractivity contribution in [3.63, 3.8) is 0 Å². The minimum atomic E-state index is -0.276. The predicted molar refractivity (Wildman–Crippen MR) is 62.3 cm³/mol. The molecule has 1 aliphatic rings. The number of aliphatic hydroxyl groups is 1. The lowest BCUT2D eigenvalue weighted by molar-refractivity contribution is -0.0363. The zero-order valence-electron chi connectivity index (χ0n) is 9.89. The SMILES string of the molecule is C[C@H]1C[C@@H](CO)O[C@H]1n1nnc2c(N)ncnc21. The highest BCUT2D eigenvalue weighted by atomic mass is 16.5. The summed E-state index contributed by atoms with van der Waals surface area (Å²) in [7, 11) is 0. The van der Waals surface area contributed by atoms with Gasteiger partial charge in [0, 0.05) is 5.92 Å². The van der Waals surface area contributed by atoms with Crippen LogP contribution in [0.25, 0.3) is 11.2 Å². The lowest BCUT2D eigenvalue weighted by Crippen LogP contribution is -2.17. The van der Waals surface area contributed by atoms with Gasteiger partial charge in [-0.1, -0.05) is 12.1 Å². The van der Waals surface area contributed by atoms with Crippen molar-refractivity contribution in [2.45, 2.75) is 25.7 Å². The molecule has 0 saturated carbocycles. The van der Waals surface area contributed by atoms with Crippen molar-refractivity contribution in [3.8, 4) is 0 Å². The van der Waals surface area contributed by atoms with Crippen molar-refractivity contribution in [3.05, 3.63) is 6.33 Å². The molecule has 18 heavy (non-hydrogen) atoms. The van der Waals surface area contributed by atoms with Gasteiger partial charge in [-0.05, 0) is 6.42 Å². The third-order valence-electron chi connectivity index (χ3n) is 3.19. The number of nitrogens with zero attached hydrogens (tertiary/aromatic N) is 5. The van der Waals surface area contributed by atoms with Crippen LogP contribution in [0.15, 0.2) is 6.33 Å². The van der Waals surface area contributed by atoms with Crippen molar-refractivity contribution < 1.29 is 9.84 Å². The molecule has 0 radical (unpaired) electrons. The van der Waals surface area contributed by atoms with Crippen LogP contribution in [0, 0.1) is 5.92 Å². The number of nitrogens with two attached hydrogens (primary N) is 1. The molecule has 1 fully saturated rings. The highest BCUT2D eigenvalue weighted by Crippen LogP contribution is 2.34. The summed E-state index contributed by atoms with van der Waals surface area (Å²) in [5, 5.41) is 17.1. The first-order chi connectivity index (χ1) is 8.70. The van der Waals surface area contributed by atoms with Crippen LogP contribution in [0.1, 0.15) is 19.6 Å². The lowest BCUT2D eigenvalue weighted by Gasteiger charge is -2.15. The number of fused-ring (bicyclic) bond motifs is 1. The van der Waals surface area contributed by atoms with Crippen LogP contribution < -0.4 is 5.73 Å². The molecule has 3 N–H and O–H groups in total. The van der Waals surface area contributed by atoms with Crippen LogP contribution in [0.5, 0.6) is 0 Å².